The summed E-state index contributed by atoms with van der Waals surface area (Å²) in [6.07, 6.45) is 9.43. The van der Waals surface area contributed by atoms with Crippen molar-refractivity contribution >= 4 is 0 Å². The Morgan fingerprint density at radius 1 is 0.939 bits per heavy atom. The molecule has 3 nitrogen and oxygen atoms in total. The van der Waals surface area contributed by atoms with Crippen LogP contribution in [0.5, 0.6) is 0 Å². The van der Waals surface area contributed by atoms with E-state index in [2.05, 4.69) is 48.1 Å². The standard InChI is InChI=1S/C30H52O3/c1-19(2)10-9-14-30(8,33)20-11-16-29(7)25(20)21(31)18-23-27(5)15-13-24(32)26(3,4)22(27)12-17-28(23,29)6/h20-25,31-33H,1,9-18H2,2-8H3/t20-,21+,22-,23+,24+,25+,27-,28+,29+,30-/m0/s1. The van der Waals surface area contributed by atoms with Gasteiger partial charge in [-0.05, 0) is 123 Å². The minimum Gasteiger partial charge on any atom is -0.393 e. The van der Waals surface area contributed by atoms with Crippen molar-refractivity contribution in [3.63, 3.8) is 0 Å². The van der Waals surface area contributed by atoms with Gasteiger partial charge in [-0.2, -0.15) is 0 Å². The van der Waals surface area contributed by atoms with Crippen molar-refractivity contribution in [2.45, 2.75) is 130 Å². The van der Waals surface area contributed by atoms with E-state index in [9.17, 15) is 15.3 Å². The van der Waals surface area contributed by atoms with Crippen LogP contribution >= 0.6 is 0 Å². The number of fused-ring (bicyclic) bond motifs is 5. The topological polar surface area (TPSA) is 60.7 Å². The van der Waals surface area contributed by atoms with E-state index in [-0.39, 0.29) is 45.7 Å². The van der Waals surface area contributed by atoms with Gasteiger partial charge in [-0.15, -0.1) is 6.58 Å². The quantitative estimate of drug-likeness (QED) is 0.410. The molecule has 0 saturated heterocycles. The zero-order valence-corrected chi connectivity index (χ0v) is 22.6. The van der Waals surface area contributed by atoms with Crippen LogP contribution in [0.3, 0.4) is 0 Å². The van der Waals surface area contributed by atoms with Gasteiger partial charge in [-0.3, -0.25) is 0 Å². The predicted octanol–water partition coefficient (Wildman–Crippen LogP) is 6.50. The molecular formula is C30H52O3. The van der Waals surface area contributed by atoms with Crippen LogP contribution in [0.1, 0.15) is 113 Å². The molecule has 0 spiro atoms. The molecule has 4 aliphatic carbocycles. The number of aliphatic hydroxyl groups excluding tert-OH is 2. The number of aliphatic hydroxyl groups is 3. The summed E-state index contributed by atoms with van der Waals surface area (Å²) in [7, 11) is 0. The molecule has 190 valence electrons. The lowest BCUT2D eigenvalue weighted by molar-refractivity contribution is -0.246. The van der Waals surface area contributed by atoms with E-state index >= 15 is 0 Å². The van der Waals surface area contributed by atoms with Gasteiger partial charge in [0.2, 0.25) is 0 Å². The smallest absolute Gasteiger partial charge is 0.0651 e. The van der Waals surface area contributed by atoms with Gasteiger partial charge in [-0.25, -0.2) is 0 Å². The van der Waals surface area contributed by atoms with Gasteiger partial charge in [-0.1, -0.05) is 40.2 Å². The fraction of sp³-hybridized carbons (Fsp3) is 0.933. The highest BCUT2D eigenvalue weighted by Gasteiger charge is 2.71. The molecule has 0 bridgehead atoms. The SMILES string of the molecule is C=C(C)CCC[C@](C)(O)[C@H]1CC[C@]2(C)[C@H]1[C@H](O)C[C@@H]1[C@@]3(C)CC[C@@H](O)C(C)(C)[C@@H]3CC[C@]12C. The van der Waals surface area contributed by atoms with Crippen LogP contribution in [0.4, 0.5) is 0 Å². The summed E-state index contributed by atoms with van der Waals surface area (Å²) in [5.74, 6) is 1.30. The zero-order chi connectivity index (χ0) is 24.6. The van der Waals surface area contributed by atoms with Crippen molar-refractivity contribution in [1.82, 2.24) is 0 Å². The molecule has 0 aliphatic heterocycles. The predicted molar refractivity (Wildman–Crippen MR) is 136 cm³/mol. The minimum atomic E-state index is -0.736. The first kappa shape index (κ1) is 25.7. The monoisotopic (exact) mass is 460 g/mol. The van der Waals surface area contributed by atoms with Crippen LogP contribution in [0.25, 0.3) is 0 Å². The van der Waals surface area contributed by atoms with E-state index in [1.54, 1.807) is 0 Å². The first-order valence-corrected chi connectivity index (χ1v) is 13.8. The highest BCUT2D eigenvalue weighted by Crippen LogP contribution is 2.75. The van der Waals surface area contributed by atoms with Gasteiger partial charge in [0.1, 0.15) is 0 Å². The van der Waals surface area contributed by atoms with E-state index in [4.69, 9.17) is 0 Å². The Morgan fingerprint density at radius 2 is 1.58 bits per heavy atom. The molecule has 0 aromatic heterocycles. The molecule has 0 aromatic carbocycles. The summed E-state index contributed by atoms with van der Waals surface area (Å²) in [6.45, 7) is 20.2. The van der Waals surface area contributed by atoms with Crippen molar-refractivity contribution in [2.24, 2.45) is 45.3 Å². The number of allylic oxidation sites excluding steroid dienone is 1. The molecule has 4 aliphatic rings. The van der Waals surface area contributed by atoms with Crippen LogP contribution in [-0.4, -0.2) is 33.1 Å². The Morgan fingerprint density at radius 3 is 2.21 bits per heavy atom. The Labute approximate surface area is 203 Å². The van der Waals surface area contributed by atoms with Crippen LogP contribution in [-0.2, 0) is 0 Å². The molecule has 0 unspecified atom stereocenters. The van der Waals surface area contributed by atoms with Gasteiger partial charge >= 0.3 is 0 Å². The summed E-state index contributed by atoms with van der Waals surface area (Å²) in [4.78, 5) is 0. The maximum absolute atomic E-state index is 11.8. The first-order valence-electron chi connectivity index (χ1n) is 13.8. The van der Waals surface area contributed by atoms with Gasteiger partial charge in [0.15, 0.2) is 0 Å². The summed E-state index contributed by atoms with van der Waals surface area (Å²) in [6, 6.07) is 0. The lowest BCUT2D eigenvalue weighted by Gasteiger charge is -2.70. The third-order valence-electron chi connectivity index (χ3n) is 12.5. The average molecular weight is 461 g/mol. The van der Waals surface area contributed by atoms with Gasteiger partial charge in [0.05, 0.1) is 17.8 Å². The lowest BCUT2D eigenvalue weighted by Crippen LogP contribution is -2.66. The third kappa shape index (κ3) is 3.61. The van der Waals surface area contributed by atoms with Crippen molar-refractivity contribution < 1.29 is 15.3 Å². The van der Waals surface area contributed by atoms with E-state index in [1.807, 2.05) is 6.92 Å². The molecule has 0 heterocycles. The van der Waals surface area contributed by atoms with Crippen molar-refractivity contribution in [3.8, 4) is 0 Å². The molecule has 33 heavy (non-hydrogen) atoms. The molecule has 0 aromatic rings. The fourth-order valence-electron chi connectivity index (χ4n) is 10.4. The van der Waals surface area contributed by atoms with E-state index in [0.717, 1.165) is 51.4 Å². The Hall–Kier alpha value is -0.380. The number of rotatable bonds is 5. The summed E-state index contributed by atoms with van der Waals surface area (Å²) in [5, 5.41) is 34.3. The second kappa shape index (κ2) is 8.07. The fourth-order valence-corrected chi connectivity index (χ4v) is 10.4. The summed E-state index contributed by atoms with van der Waals surface area (Å²) < 4.78 is 0. The van der Waals surface area contributed by atoms with E-state index < -0.39 is 5.60 Å². The molecule has 3 N–H and O–H groups in total. The molecule has 4 rings (SSSR count). The highest BCUT2D eigenvalue weighted by molar-refractivity contribution is 5.20. The molecular weight excluding hydrogens is 408 g/mol. The van der Waals surface area contributed by atoms with Crippen LogP contribution in [0, 0.1) is 45.3 Å². The van der Waals surface area contributed by atoms with Gasteiger partial charge in [0.25, 0.3) is 0 Å². The van der Waals surface area contributed by atoms with E-state index in [0.29, 0.717) is 11.8 Å². The molecule has 0 amide bonds. The maximum atomic E-state index is 11.8. The average Bonchev–Trinajstić information content (AvgIpc) is 3.08. The van der Waals surface area contributed by atoms with Gasteiger partial charge < -0.3 is 15.3 Å². The zero-order valence-electron chi connectivity index (χ0n) is 22.6. The Balaban J connectivity index is 1.65. The highest BCUT2D eigenvalue weighted by atomic mass is 16.3. The summed E-state index contributed by atoms with van der Waals surface area (Å²) >= 11 is 0. The lowest BCUT2D eigenvalue weighted by atomic mass is 9.35. The molecule has 4 fully saturated rings. The van der Waals surface area contributed by atoms with Gasteiger partial charge in [0, 0.05) is 0 Å². The van der Waals surface area contributed by atoms with Crippen molar-refractivity contribution in [3.05, 3.63) is 12.2 Å². The van der Waals surface area contributed by atoms with E-state index in [1.165, 1.54) is 18.4 Å². The Bertz CT molecular complexity index is 771. The number of hydrogen-bond acceptors (Lipinski definition) is 3. The third-order valence-corrected chi connectivity index (χ3v) is 12.5. The normalized spacial score (nSPS) is 50.6. The summed E-state index contributed by atoms with van der Waals surface area (Å²) in [5.41, 5.74) is 0.755. The molecule has 10 atom stereocenters. The van der Waals surface area contributed by atoms with Crippen LogP contribution < -0.4 is 0 Å². The second-order valence-electron chi connectivity index (χ2n) is 14.5. The maximum Gasteiger partial charge on any atom is 0.0651 e. The minimum absolute atomic E-state index is 0.0481. The number of hydrogen-bond donors (Lipinski definition) is 3. The Kier molecular flexibility index (Phi) is 6.28. The van der Waals surface area contributed by atoms with Crippen LogP contribution in [0.2, 0.25) is 0 Å². The largest absolute Gasteiger partial charge is 0.393 e. The van der Waals surface area contributed by atoms with Crippen LogP contribution in [0.15, 0.2) is 12.2 Å². The van der Waals surface area contributed by atoms with Crippen molar-refractivity contribution in [2.75, 3.05) is 0 Å². The molecule has 0 radical (unpaired) electrons. The molecule has 3 heteroatoms. The molecule has 4 saturated carbocycles. The first-order chi connectivity index (χ1) is 15.1. The van der Waals surface area contributed by atoms with Crippen molar-refractivity contribution in [1.29, 1.82) is 0 Å². The second-order valence-corrected chi connectivity index (χ2v) is 14.5.